The highest BCUT2D eigenvalue weighted by atomic mass is 79.9. The Bertz CT molecular complexity index is 844. The SMILES string of the molecule is CCOC(=O)c1ccc(S(=O)(=O)NCCCN2CCCC2C(=O)N(C)C)c(Br)c1. The lowest BCUT2D eigenvalue weighted by atomic mass is 10.2. The lowest BCUT2D eigenvalue weighted by Gasteiger charge is -2.26. The summed E-state index contributed by atoms with van der Waals surface area (Å²) in [4.78, 5) is 27.8. The smallest absolute Gasteiger partial charge is 0.338 e. The minimum atomic E-state index is -3.73. The van der Waals surface area contributed by atoms with Gasteiger partial charge in [-0.1, -0.05) is 0 Å². The number of hydrogen-bond donors (Lipinski definition) is 1. The summed E-state index contributed by atoms with van der Waals surface area (Å²) in [7, 11) is -0.231. The number of halogens is 1. The summed E-state index contributed by atoms with van der Waals surface area (Å²) >= 11 is 3.23. The van der Waals surface area contributed by atoms with E-state index in [1.807, 2.05) is 0 Å². The monoisotopic (exact) mass is 489 g/mol. The van der Waals surface area contributed by atoms with Crippen LogP contribution in [0, 0.1) is 0 Å². The Kier molecular flexibility index (Phi) is 8.62. The molecule has 29 heavy (non-hydrogen) atoms. The van der Waals surface area contributed by atoms with Crippen molar-refractivity contribution < 1.29 is 22.7 Å². The fraction of sp³-hybridized carbons (Fsp3) is 0.579. The molecule has 1 aromatic carbocycles. The van der Waals surface area contributed by atoms with Gasteiger partial charge in [-0.25, -0.2) is 17.9 Å². The van der Waals surface area contributed by atoms with Gasteiger partial charge in [0.05, 0.1) is 23.1 Å². The first-order valence-electron chi connectivity index (χ1n) is 9.59. The van der Waals surface area contributed by atoms with Crippen LogP contribution in [0.4, 0.5) is 0 Å². The van der Waals surface area contributed by atoms with Crippen LogP contribution in [0.5, 0.6) is 0 Å². The maximum Gasteiger partial charge on any atom is 0.338 e. The van der Waals surface area contributed by atoms with Crippen LogP contribution in [0.1, 0.15) is 36.5 Å². The van der Waals surface area contributed by atoms with Crippen molar-refractivity contribution in [1.29, 1.82) is 0 Å². The zero-order chi connectivity index (χ0) is 21.6. The summed E-state index contributed by atoms with van der Waals surface area (Å²) < 4.78 is 33.0. The molecular weight excluding hydrogens is 462 g/mol. The van der Waals surface area contributed by atoms with Crippen molar-refractivity contribution in [2.24, 2.45) is 0 Å². The van der Waals surface area contributed by atoms with E-state index in [0.29, 0.717) is 17.4 Å². The van der Waals surface area contributed by atoms with E-state index in [2.05, 4.69) is 25.6 Å². The fourth-order valence-corrected chi connectivity index (χ4v) is 5.45. The number of nitrogens with one attached hydrogen (secondary N) is 1. The Morgan fingerprint density at radius 2 is 2.07 bits per heavy atom. The van der Waals surface area contributed by atoms with Crippen molar-refractivity contribution in [3.8, 4) is 0 Å². The molecule has 0 spiro atoms. The number of hydrogen-bond acceptors (Lipinski definition) is 6. The van der Waals surface area contributed by atoms with Crippen molar-refractivity contribution in [3.05, 3.63) is 28.2 Å². The molecule has 1 N–H and O–H groups in total. The molecule has 1 unspecified atom stereocenters. The van der Waals surface area contributed by atoms with Crippen molar-refractivity contribution in [1.82, 2.24) is 14.5 Å². The largest absolute Gasteiger partial charge is 0.462 e. The third kappa shape index (κ3) is 6.24. The van der Waals surface area contributed by atoms with E-state index in [1.54, 1.807) is 25.9 Å². The first-order valence-corrected chi connectivity index (χ1v) is 11.9. The van der Waals surface area contributed by atoms with E-state index in [0.717, 1.165) is 19.4 Å². The van der Waals surface area contributed by atoms with Gasteiger partial charge in [0.1, 0.15) is 0 Å². The van der Waals surface area contributed by atoms with E-state index in [-0.39, 0.29) is 35.6 Å². The van der Waals surface area contributed by atoms with Crippen LogP contribution in [-0.2, 0) is 19.6 Å². The number of sulfonamides is 1. The van der Waals surface area contributed by atoms with E-state index < -0.39 is 16.0 Å². The van der Waals surface area contributed by atoms with Crippen LogP contribution in [0.15, 0.2) is 27.6 Å². The number of carbonyl (C=O) groups excluding carboxylic acids is 2. The molecule has 1 saturated heterocycles. The quantitative estimate of drug-likeness (QED) is 0.419. The normalized spacial score (nSPS) is 17.3. The van der Waals surface area contributed by atoms with Crippen LogP contribution < -0.4 is 4.72 Å². The van der Waals surface area contributed by atoms with Gasteiger partial charge in [0.2, 0.25) is 15.9 Å². The van der Waals surface area contributed by atoms with Crippen molar-refractivity contribution >= 4 is 37.8 Å². The Morgan fingerprint density at radius 3 is 2.69 bits per heavy atom. The molecule has 1 aromatic rings. The van der Waals surface area contributed by atoms with Gasteiger partial charge in [-0.05, 0) is 66.9 Å². The Morgan fingerprint density at radius 1 is 1.34 bits per heavy atom. The summed E-state index contributed by atoms with van der Waals surface area (Å²) in [6.45, 7) is 3.70. The maximum absolute atomic E-state index is 12.6. The molecule has 0 saturated carbocycles. The standard InChI is InChI=1S/C19H28BrN3O5S/c1-4-28-19(25)14-8-9-17(15(20)13-14)29(26,27)21-10-6-12-23-11-5-7-16(23)18(24)22(2)3/h8-9,13,16,21H,4-7,10-12H2,1-3H3. The van der Waals surface area contributed by atoms with Crippen LogP contribution >= 0.6 is 15.9 Å². The molecule has 0 bridgehead atoms. The average molecular weight is 490 g/mol. The molecule has 0 aliphatic carbocycles. The first kappa shape index (κ1) is 23.8. The van der Waals surface area contributed by atoms with Crippen molar-refractivity contribution in [3.63, 3.8) is 0 Å². The molecule has 162 valence electrons. The van der Waals surface area contributed by atoms with Gasteiger partial charge < -0.3 is 9.64 Å². The number of ether oxygens (including phenoxy) is 1. The Labute approximate surface area is 180 Å². The highest BCUT2D eigenvalue weighted by Crippen LogP contribution is 2.24. The number of esters is 1. The highest BCUT2D eigenvalue weighted by molar-refractivity contribution is 9.10. The molecule has 1 aliphatic rings. The van der Waals surface area contributed by atoms with Crippen LogP contribution in [0.3, 0.4) is 0 Å². The lowest BCUT2D eigenvalue weighted by molar-refractivity contribution is -0.133. The zero-order valence-electron chi connectivity index (χ0n) is 17.0. The Hall–Kier alpha value is -1.49. The summed E-state index contributed by atoms with van der Waals surface area (Å²) in [6, 6.07) is 4.13. The molecule has 1 atom stereocenters. The van der Waals surface area contributed by atoms with E-state index in [1.165, 1.54) is 18.2 Å². The van der Waals surface area contributed by atoms with Crippen LogP contribution in [0.25, 0.3) is 0 Å². The van der Waals surface area contributed by atoms with Gasteiger partial charge >= 0.3 is 5.97 Å². The van der Waals surface area contributed by atoms with Gasteiger partial charge in [-0.15, -0.1) is 0 Å². The topological polar surface area (TPSA) is 96.0 Å². The van der Waals surface area contributed by atoms with Gasteiger partial charge in [0.15, 0.2) is 0 Å². The second kappa shape index (κ2) is 10.5. The van der Waals surface area contributed by atoms with E-state index in [9.17, 15) is 18.0 Å². The molecule has 1 amide bonds. The fourth-order valence-electron chi connectivity index (χ4n) is 3.30. The molecule has 2 rings (SSSR count). The minimum Gasteiger partial charge on any atom is -0.462 e. The molecule has 0 radical (unpaired) electrons. The van der Waals surface area contributed by atoms with Crippen LogP contribution in [-0.4, -0.2) is 76.5 Å². The second-order valence-electron chi connectivity index (χ2n) is 7.04. The summed E-state index contributed by atoms with van der Waals surface area (Å²) in [5, 5.41) is 0. The predicted octanol–water partition coefficient (Wildman–Crippen LogP) is 1.85. The van der Waals surface area contributed by atoms with Gasteiger partial charge in [-0.3, -0.25) is 9.69 Å². The van der Waals surface area contributed by atoms with Crippen LogP contribution in [0.2, 0.25) is 0 Å². The zero-order valence-corrected chi connectivity index (χ0v) is 19.4. The number of benzene rings is 1. The maximum atomic E-state index is 12.6. The predicted molar refractivity (Wildman–Crippen MR) is 113 cm³/mol. The number of rotatable bonds is 9. The average Bonchev–Trinajstić information content (AvgIpc) is 3.12. The number of likely N-dealkylation sites (N-methyl/N-ethyl adjacent to an activating group) is 1. The van der Waals surface area contributed by atoms with Crippen molar-refractivity contribution in [2.45, 2.75) is 37.1 Å². The number of amides is 1. The molecular formula is C19H28BrN3O5S. The van der Waals surface area contributed by atoms with Crippen molar-refractivity contribution in [2.75, 3.05) is 40.3 Å². The molecule has 8 nitrogen and oxygen atoms in total. The van der Waals surface area contributed by atoms with Gasteiger partial charge in [0, 0.05) is 31.7 Å². The van der Waals surface area contributed by atoms with E-state index in [4.69, 9.17) is 4.74 Å². The van der Waals surface area contributed by atoms with Gasteiger partial charge in [-0.2, -0.15) is 0 Å². The summed E-state index contributed by atoms with van der Waals surface area (Å²) in [5.41, 5.74) is 0.281. The summed E-state index contributed by atoms with van der Waals surface area (Å²) in [5.74, 6) is -0.411. The Balaban J connectivity index is 1.92. The lowest BCUT2D eigenvalue weighted by Crippen LogP contribution is -2.43. The molecule has 10 heteroatoms. The number of likely N-dealkylation sites (tertiary alicyclic amines) is 1. The summed E-state index contributed by atoms with van der Waals surface area (Å²) in [6.07, 6.45) is 2.40. The molecule has 1 aliphatic heterocycles. The molecule has 1 heterocycles. The second-order valence-corrected chi connectivity index (χ2v) is 9.63. The third-order valence-corrected chi connectivity index (χ3v) is 7.17. The van der Waals surface area contributed by atoms with E-state index >= 15 is 0 Å². The first-order chi connectivity index (χ1) is 13.7. The molecule has 1 fully saturated rings. The highest BCUT2D eigenvalue weighted by Gasteiger charge is 2.31. The number of carbonyl (C=O) groups is 2. The van der Waals surface area contributed by atoms with Gasteiger partial charge in [0.25, 0.3) is 0 Å². The third-order valence-electron chi connectivity index (χ3n) is 4.74. The number of nitrogens with zero attached hydrogens (tertiary/aromatic N) is 2. The minimum absolute atomic E-state index is 0.0624. The molecule has 0 aromatic heterocycles.